The first-order chi connectivity index (χ1) is 9.36. The summed E-state index contributed by atoms with van der Waals surface area (Å²) in [6.45, 7) is -0.406. The van der Waals surface area contributed by atoms with Gasteiger partial charge in [0, 0.05) is 26.1 Å². The number of hydrogen-bond acceptors (Lipinski definition) is 2. The average molecular weight is 290 g/mol. The number of benzene rings is 1. The summed E-state index contributed by atoms with van der Waals surface area (Å²) in [5.74, 6) is -0.824. The fourth-order valence-corrected chi connectivity index (χ4v) is 2.17. The number of alkyl halides is 3. The molecule has 1 N–H and O–H groups in total. The predicted octanol–water partition coefficient (Wildman–Crippen LogP) is 2.08. The maximum absolute atomic E-state index is 13.0. The molecule has 1 heterocycles. The van der Waals surface area contributed by atoms with Crippen LogP contribution in [0.3, 0.4) is 0 Å². The molecule has 20 heavy (non-hydrogen) atoms. The van der Waals surface area contributed by atoms with Gasteiger partial charge in [0.05, 0.1) is 0 Å². The Morgan fingerprint density at radius 1 is 1.25 bits per heavy atom. The van der Waals surface area contributed by atoms with Crippen molar-refractivity contribution in [3.63, 3.8) is 0 Å². The van der Waals surface area contributed by atoms with Crippen molar-refractivity contribution in [3.05, 3.63) is 35.6 Å². The van der Waals surface area contributed by atoms with Gasteiger partial charge in [-0.15, -0.1) is 0 Å². The molecular formula is C13H14F4N2O. The van der Waals surface area contributed by atoms with E-state index < -0.39 is 24.6 Å². The van der Waals surface area contributed by atoms with E-state index in [2.05, 4.69) is 5.32 Å². The van der Waals surface area contributed by atoms with E-state index in [0.717, 1.165) is 0 Å². The summed E-state index contributed by atoms with van der Waals surface area (Å²) in [6.07, 6.45) is -4.40. The Morgan fingerprint density at radius 2 is 1.90 bits per heavy atom. The fourth-order valence-electron chi connectivity index (χ4n) is 2.17. The molecule has 1 aliphatic rings. The third-order valence-corrected chi connectivity index (χ3v) is 3.24. The Hall–Kier alpha value is -1.63. The van der Waals surface area contributed by atoms with Crippen LogP contribution in [0.5, 0.6) is 0 Å². The minimum absolute atomic E-state index is 0.0212. The summed E-state index contributed by atoms with van der Waals surface area (Å²) in [5, 5.41) is 2.27. The van der Waals surface area contributed by atoms with Gasteiger partial charge in [0.15, 0.2) is 0 Å². The molecule has 0 bridgehead atoms. The van der Waals surface area contributed by atoms with Crippen LogP contribution < -0.4 is 5.32 Å². The maximum atomic E-state index is 13.0. The highest BCUT2D eigenvalue weighted by molar-refractivity contribution is 5.76. The molecule has 110 valence electrons. The fraction of sp³-hybridized carbons (Fsp3) is 0.462. The van der Waals surface area contributed by atoms with Crippen LogP contribution >= 0.6 is 0 Å². The molecule has 2 rings (SSSR count). The third kappa shape index (κ3) is 3.69. The molecule has 1 unspecified atom stereocenters. The van der Waals surface area contributed by atoms with Crippen LogP contribution in [-0.2, 0) is 11.3 Å². The molecule has 1 saturated heterocycles. The van der Waals surface area contributed by atoms with Gasteiger partial charge in [-0.1, -0.05) is 12.1 Å². The standard InChI is InChI=1S/C13H14F4N2O/c14-10-3-1-9(2-4-10)8-19-6-5-12(20)18-7-11(19)13(15,16)17/h1-4,11H,5-8H2,(H,18,20). The average Bonchev–Trinajstić information content (AvgIpc) is 2.54. The van der Waals surface area contributed by atoms with Gasteiger partial charge in [-0.3, -0.25) is 9.69 Å². The van der Waals surface area contributed by atoms with Gasteiger partial charge in [0.2, 0.25) is 5.91 Å². The molecule has 1 aromatic carbocycles. The number of amides is 1. The summed E-state index contributed by atoms with van der Waals surface area (Å²) in [4.78, 5) is 12.4. The van der Waals surface area contributed by atoms with Crippen molar-refractivity contribution in [2.24, 2.45) is 0 Å². The number of rotatable bonds is 2. The SMILES string of the molecule is O=C1CCN(Cc2ccc(F)cc2)C(C(F)(F)F)CN1. The molecule has 1 amide bonds. The van der Waals surface area contributed by atoms with E-state index in [1.807, 2.05) is 0 Å². The van der Waals surface area contributed by atoms with E-state index in [1.165, 1.54) is 29.2 Å². The van der Waals surface area contributed by atoms with E-state index in [1.54, 1.807) is 0 Å². The summed E-state index contributed by atoms with van der Waals surface area (Å²) in [5.41, 5.74) is 0.579. The predicted molar refractivity (Wildman–Crippen MR) is 64.3 cm³/mol. The number of carbonyl (C=O) groups excluding carboxylic acids is 1. The van der Waals surface area contributed by atoms with Gasteiger partial charge in [-0.25, -0.2) is 4.39 Å². The van der Waals surface area contributed by atoms with E-state index in [-0.39, 0.29) is 25.4 Å². The molecule has 0 aromatic heterocycles. The zero-order valence-corrected chi connectivity index (χ0v) is 10.6. The van der Waals surface area contributed by atoms with Crippen LogP contribution in [-0.4, -0.2) is 36.1 Å². The first-order valence-electron chi connectivity index (χ1n) is 6.18. The van der Waals surface area contributed by atoms with Crippen molar-refractivity contribution in [2.75, 3.05) is 13.1 Å². The van der Waals surface area contributed by atoms with Gasteiger partial charge in [-0.05, 0) is 17.7 Å². The third-order valence-electron chi connectivity index (χ3n) is 3.24. The van der Waals surface area contributed by atoms with Crippen molar-refractivity contribution in [1.82, 2.24) is 10.2 Å². The van der Waals surface area contributed by atoms with Crippen LogP contribution in [0.15, 0.2) is 24.3 Å². The first-order valence-corrected chi connectivity index (χ1v) is 6.18. The van der Waals surface area contributed by atoms with Crippen LogP contribution in [0.25, 0.3) is 0 Å². The lowest BCUT2D eigenvalue weighted by Crippen LogP contribution is -2.49. The second kappa shape index (κ2) is 5.78. The van der Waals surface area contributed by atoms with Crippen LogP contribution in [0.1, 0.15) is 12.0 Å². The number of nitrogens with zero attached hydrogens (tertiary/aromatic N) is 1. The van der Waals surface area contributed by atoms with Crippen molar-refractivity contribution >= 4 is 5.91 Å². The molecule has 3 nitrogen and oxygen atoms in total. The molecule has 1 aromatic rings. The van der Waals surface area contributed by atoms with Crippen molar-refractivity contribution in [2.45, 2.75) is 25.2 Å². The molecule has 0 aliphatic carbocycles. The smallest absolute Gasteiger partial charge is 0.354 e. The van der Waals surface area contributed by atoms with Gasteiger partial charge in [-0.2, -0.15) is 13.2 Å². The summed E-state index contributed by atoms with van der Waals surface area (Å²) in [6, 6.07) is 3.59. The number of carbonyl (C=O) groups is 1. The van der Waals surface area contributed by atoms with E-state index in [0.29, 0.717) is 5.56 Å². The summed E-state index contributed by atoms with van der Waals surface area (Å²) in [7, 11) is 0. The van der Waals surface area contributed by atoms with Gasteiger partial charge >= 0.3 is 6.18 Å². The number of hydrogen-bond donors (Lipinski definition) is 1. The Bertz CT molecular complexity index is 472. The normalized spacial score (nSPS) is 21.4. The lowest BCUT2D eigenvalue weighted by Gasteiger charge is -2.30. The minimum atomic E-state index is -4.42. The van der Waals surface area contributed by atoms with Crippen LogP contribution in [0.4, 0.5) is 17.6 Å². The molecule has 1 atom stereocenters. The van der Waals surface area contributed by atoms with E-state index in [4.69, 9.17) is 0 Å². The molecule has 1 aliphatic heterocycles. The summed E-state index contributed by atoms with van der Waals surface area (Å²) < 4.78 is 51.8. The molecule has 1 fully saturated rings. The highest BCUT2D eigenvalue weighted by atomic mass is 19.4. The topological polar surface area (TPSA) is 32.3 Å². The zero-order valence-electron chi connectivity index (χ0n) is 10.6. The summed E-state index contributed by atoms with van der Waals surface area (Å²) >= 11 is 0. The van der Waals surface area contributed by atoms with Crippen LogP contribution in [0, 0.1) is 5.82 Å². The Balaban J connectivity index is 2.16. The van der Waals surface area contributed by atoms with Gasteiger partial charge < -0.3 is 5.32 Å². The van der Waals surface area contributed by atoms with Crippen molar-refractivity contribution in [1.29, 1.82) is 0 Å². The highest BCUT2D eigenvalue weighted by Gasteiger charge is 2.44. The highest BCUT2D eigenvalue weighted by Crippen LogP contribution is 2.27. The second-order valence-corrected chi connectivity index (χ2v) is 4.71. The quantitative estimate of drug-likeness (QED) is 0.846. The number of nitrogens with one attached hydrogen (secondary N) is 1. The molecule has 7 heteroatoms. The van der Waals surface area contributed by atoms with Crippen molar-refractivity contribution < 1.29 is 22.4 Å². The molecular weight excluding hydrogens is 276 g/mol. The lowest BCUT2D eigenvalue weighted by molar-refractivity contribution is -0.182. The first kappa shape index (κ1) is 14.8. The molecule has 0 spiro atoms. The largest absolute Gasteiger partial charge is 0.405 e. The molecule has 0 radical (unpaired) electrons. The van der Waals surface area contributed by atoms with Crippen LogP contribution in [0.2, 0.25) is 0 Å². The molecule has 0 saturated carbocycles. The number of halogens is 4. The Labute approximate surface area is 113 Å². The van der Waals surface area contributed by atoms with E-state index in [9.17, 15) is 22.4 Å². The second-order valence-electron chi connectivity index (χ2n) is 4.71. The minimum Gasteiger partial charge on any atom is -0.354 e. The lowest BCUT2D eigenvalue weighted by atomic mass is 10.1. The van der Waals surface area contributed by atoms with Gasteiger partial charge in [0.25, 0.3) is 0 Å². The maximum Gasteiger partial charge on any atom is 0.405 e. The Kier molecular flexibility index (Phi) is 4.27. The van der Waals surface area contributed by atoms with E-state index >= 15 is 0 Å². The monoisotopic (exact) mass is 290 g/mol. The van der Waals surface area contributed by atoms with Crippen molar-refractivity contribution in [3.8, 4) is 0 Å². The van der Waals surface area contributed by atoms with Gasteiger partial charge in [0.1, 0.15) is 11.9 Å². The zero-order chi connectivity index (χ0) is 14.8. The Morgan fingerprint density at radius 3 is 2.50 bits per heavy atom.